The molecule has 1 saturated heterocycles. The Morgan fingerprint density at radius 1 is 1.50 bits per heavy atom. The molecular weight excluding hydrogens is 102 g/mol. The highest BCUT2D eigenvalue weighted by Crippen LogP contribution is 2.09. The molecule has 0 aromatic rings. The third-order valence-corrected chi connectivity index (χ3v) is 1.33. The van der Waals surface area contributed by atoms with Gasteiger partial charge in [0.1, 0.15) is 0 Å². The van der Waals surface area contributed by atoms with E-state index in [1.165, 1.54) is 6.54 Å². The maximum atomic E-state index is 5.01. The fourth-order valence-electron chi connectivity index (χ4n) is 0.906. The quantitative estimate of drug-likeness (QED) is 0.509. The molecule has 0 amide bonds. The molecule has 0 aromatic heterocycles. The van der Waals surface area contributed by atoms with Gasteiger partial charge in [0.2, 0.25) is 0 Å². The molecule has 2 nitrogen and oxygen atoms in total. The van der Waals surface area contributed by atoms with E-state index in [4.69, 9.17) is 4.74 Å². The van der Waals surface area contributed by atoms with Crippen LogP contribution in [-0.4, -0.2) is 38.8 Å². The molecule has 8 heavy (non-hydrogen) atoms. The van der Waals surface area contributed by atoms with Gasteiger partial charge in [0.15, 0.2) is 0 Å². The summed E-state index contributed by atoms with van der Waals surface area (Å²) in [4.78, 5) is 2.20. The van der Waals surface area contributed by atoms with Crippen LogP contribution in [-0.2, 0) is 4.74 Å². The Balaban J connectivity index is 2.01. The van der Waals surface area contributed by atoms with E-state index in [9.17, 15) is 0 Å². The smallest absolute Gasteiger partial charge is 0.0528 e. The number of hydrogen-bond donors (Lipinski definition) is 0. The second-order valence-electron chi connectivity index (χ2n) is 2.67. The summed E-state index contributed by atoms with van der Waals surface area (Å²) in [6.07, 6.45) is 0. The zero-order chi connectivity index (χ0) is 5.98. The fraction of sp³-hybridized carbons (Fsp3) is 1.00. The lowest BCUT2D eigenvalue weighted by Gasteiger charge is -2.28. The summed E-state index contributed by atoms with van der Waals surface area (Å²) < 4.78 is 5.01. The Morgan fingerprint density at radius 2 is 2.12 bits per heavy atom. The van der Waals surface area contributed by atoms with Gasteiger partial charge >= 0.3 is 0 Å². The van der Waals surface area contributed by atoms with Gasteiger partial charge in [-0.2, -0.15) is 0 Å². The molecule has 1 aliphatic heterocycles. The second-order valence-corrected chi connectivity index (χ2v) is 2.67. The van der Waals surface area contributed by atoms with Crippen LogP contribution < -0.4 is 0 Å². The lowest BCUT2D eigenvalue weighted by Crippen LogP contribution is -2.36. The summed E-state index contributed by atoms with van der Waals surface area (Å²) in [6.45, 7) is 3.12. The maximum absolute atomic E-state index is 5.01. The van der Waals surface area contributed by atoms with E-state index in [1.54, 1.807) is 0 Å². The minimum atomic E-state index is 0.810. The first-order chi connectivity index (χ1) is 3.79. The molecule has 0 atom stereocenters. The molecule has 0 aliphatic carbocycles. The first kappa shape index (κ1) is 6.05. The average molecular weight is 115 g/mol. The standard InChI is InChI=1S/C6H13NO/c1-7(2)3-6-4-8-5-6/h6H,3-5H2,1-2H3. The van der Waals surface area contributed by atoms with Gasteiger partial charge in [0, 0.05) is 12.5 Å². The largest absolute Gasteiger partial charge is 0.381 e. The van der Waals surface area contributed by atoms with Gasteiger partial charge in [-0.25, -0.2) is 0 Å². The SMILES string of the molecule is CN(C)CC1COC1. The minimum absolute atomic E-state index is 0.810. The summed E-state index contributed by atoms with van der Waals surface area (Å²) >= 11 is 0. The lowest BCUT2D eigenvalue weighted by atomic mass is 10.1. The van der Waals surface area contributed by atoms with Crippen molar-refractivity contribution in [3.63, 3.8) is 0 Å². The van der Waals surface area contributed by atoms with Gasteiger partial charge < -0.3 is 9.64 Å². The molecule has 0 radical (unpaired) electrons. The van der Waals surface area contributed by atoms with E-state index in [0.717, 1.165) is 19.1 Å². The number of ether oxygens (including phenoxy) is 1. The maximum Gasteiger partial charge on any atom is 0.0528 e. The highest BCUT2D eigenvalue weighted by atomic mass is 16.5. The highest BCUT2D eigenvalue weighted by molar-refractivity contribution is 4.66. The van der Waals surface area contributed by atoms with Crippen molar-refractivity contribution in [2.75, 3.05) is 33.9 Å². The molecule has 0 bridgehead atoms. The molecular formula is C6H13NO. The fourth-order valence-corrected chi connectivity index (χ4v) is 0.906. The Hall–Kier alpha value is -0.0800. The monoisotopic (exact) mass is 115 g/mol. The van der Waals surface area contributed by atoms with Crippen LogP contribution in [0.4, 0.5) is 0 Å². The van der Waals surface area contributed by atoms with Gasteiger partial charge in [-0.05, 0) is 14.1 Å². The van der Waals surface area contributed by atoms with Crippen molar-refractivity contribution >= 4 is 0 Å². The molecule has 1 fully saturated rings. The molecule has 0 saturated carbocycles. The molecule has 2 heteroatoms. The van der Waals surface area contributed by atoms with Crippen LogP contribution in [0.15, 0.2) is 0 Å². The van der Waals surface area contributed by atoms with E-state index in [1.807, 2.05) is 0 Å². The number of hydrogen-bond acceptors (Lipinski definition) is 2. The van der Waals surface area contributed by atoms with Gasteiger partial charge in [-0.15, -0.1) is 0 Å². The van der Waals surface area contributed by atoms with Crippen molar-refractivity contribution in [1.82, 2.24) is 4.90 Å². The molecule has 0 spiro atoms. The third-order valence-electron chi connectivity index (χ3n) is 1.33. The Bertz CT molecular complexity index is 68.9. The molecule has 0 unspecified atom stereocenters. The van der Waals surface area contributed by atoms with Crippen molar-refractivity contribution in [2.24, 2.45) is 5.92 Å². The van der Waals surface area contributed by atoms with Gasteiger partial charge in [0.25, 0.3) is 0 Å². The van der Waals surface area contributed by atoms with Crippen molar-refractivity contribution < 1.29 is 4.74 Å². The predicted octanol–water partition coefficient (Wildman–Crippen LogP) is 0.194. The Morgan fingerprint density at radius 3 is 2.25 bits per heavy atom. The number of nitrogens with zero attached hydrogens (tertiary/aromatic N) is 1. The van der Waals surface area contributed by atoms with Crippen LogP contribution in [0.5, 0.6) is 0 Å². The van der Waals surface area contributed by atoms with Crippen LogP contribution in [0.2, 0.25) is 0 Å². The normalized spacial score (nSPS) is 21.4. The zero-order valence-electron chi connectivity index (χ0n) is 5.55. The van der Waals surface area contributed by atoms with E-state index in [0.29, 0.717) is 0 Å². The van der Waals surface area contributed by atoms with Crippen LogP contribution in [0.25, 0.3) is 0 Å². The minimum Gasteiger partial charge on any atom is -0.381 e. The summed E-state index contributed by atoms with van der Waals surface area (Å²) in [5.74, 6) is 0.810. The third kappa shape index (κ3) is 1.46. The van der Waals surface area contributed by atoms with Crippen molar-refractivity contribution in [2.45, 2.75) is 0 Å². The molecule has 1 rings (SSSR count). The van der Waals surface area contributed by atoms with Gasteiger partial charge in [0.05, 0.1) is 13.2 Å². The van der Waals surface area contributed by atoms with E-state index < -0.39 is 0 Å². The van der Waals surface area contributed by atoms with Crippen molar-refractivity contribution in [3.8, 4) is 0 Å². The van der Waals surface area contributed by atoms with Crippen molar-refractivity contribution in [3.05, 3.63) is 0 Å². The summed E-state index contributed by atoms with van der Waals surface area (Å²) in [5.41, 5.74) is 0. The number of rotatable bonds is 2. The highest BCUT2D eigenvalue weighted by Gasteiger charge is 2.17. The van der Waals surface area contributed by atoms with Gasteiger partial charge in [-0.3, -0.25) is 0 Å². The molecule has 0 aromatic carbocycles. The van der Waals surface area contributed by atoms with E-state index in [-0.39, 0.29) is 0 Å². The predicted molar refractivity (Wildman–Crippen MR) is 32.9 cm³/mol. The lowest BCUT2D eigenvalue weighted by molar-refractivity contribution is -0.0412. The van der Waals surface area contributed by atoms with Crippen molar-refractivity contribution in [1.29, 1.82) is 0 Å². The summed E-state index contributed by atoms with van der Waals surface area (Å²) in [7, 11) is 4.19. The van der Waals surface area contributed by atoms with E-state index >= 15 is 0 Å². The first-order valence-electron chi connectivity index (χ1n) is 3.01. The molecule has 48 valence electrons. The van der Waals surface area contributed by atoms with Crippen LogP contribution in [0.1, 0.15) is 0 Å². The first-order valence-corrected chi connectivity index (χ1v) is 3.01. The van der Waals surface area contributed by atoms with Gasteiger partial charge in [-0.1, -0.05) is 0 Å². The Kier molecular flexibility index (Phi) is 1.86. The van der Waals surface area contributed by atoms with E-state index in [2.05, 4.69) is 19.0 Å². The summed E-state index contributed by atoms with van der Waals surface area (Å²) in [6, 6.07) is 0. The topological polar surface area (TPSA) is 12.5 Å². The molecule has 0 N–H and O–H groups in total. The zero-order valence-corrected chi connectivity index (χ0v) is 5.55. The van der Waals surface area contributed by atoms with Crippen LogP contribution >= 0.6 is 0 Å². The van der Waals surface area contributed by atoms with Crippen LogP contribution in [0, 0.1) is 5.92 Å². The molecule has 1 heterocycles. The Labute approximate surface area is 50.4 Å². The average Bonchev–Trinajstić information content (AvgIpc) is 1.55. The second kappa shape index (κ2) is 2.46. The van der Waals surface area contributed by atoms with Crippen LogP contribution in [0.3, 0.4) is 0 Å². The summed E-state index contributed by atoms with van der Waals surface area (Å²) in [5, 5.41) is 0. The molecule has 1 aliphatic rings.